The Morgan fingerprint density at radius 1 is 1.33 bits per heavy atom. The first-order chi connectivity index (χ1) is 11.3. The summed E-state index contributed by atoms with van der Waals surface area (Å²) in [5.74, 6) is 0.774. The maximum atomic E-state index is 12.3. The van der Waals surface area contributed by atoms with E-state index in [0.717, 1.165) is 12.0 Å². The quantitative estimate of drug-likeness (QED) is 0.728. The van der Waals surface area contributed by atoms with Gasteiger partial charge in [0.1, 0.15) is 5.82 Å². The minimum absolute atomic E-state index is 0.0813. The summed E-state index contributed by atoms with van der Waals surface area (Å²) >= 11 is 0. The molecule has 0 spiro atoms. The molecule has 0 aliphatic carbocycles. The summed E-state index contributed by atoms with van der Waals surface area (Å²) in [7, 11) is -3.96. The lowest BCUT2D eigenvalue weighted by molar-refractivity contribution is 0.598. The van der Waals surface area contributed by atoms with Crippen molar-refractivity contribution in [1.82, 2.24) is 19.6 Å². The molecule has 0 aliphatic heterocycles. The van der Waals surface area contributed by atoms with E-state index in [1.165, 1.54) is 16.8 Å². The zero-order valence-corrected chi connectivity index (χ0v) is 14.1. The largest absolute Gasteiger partial charge is 0.303 e. The molecule has 126 valence electrons. The number of hydrogen-bond acceptors (Lipinski definition) is 5. The zero-order chi connectivity index (χ0) is 17.5. The van der Waals surface area contributed by atoms with E-state index in [-0.39, 0.29) is 16.3 Å². The molecule has 0 radical (unpaired) electrons. The van der Waals surface area contributed by atoms with Crippen LogP contribution in [0.15, 0.2) is 34.1 Å². The number of aromatic nitrogens is 4. The number of H-pyrrole nitrogens is 1. The second-order valence-corrected chi connectivity index (χ2v) is 7.10. The maximum absolute atomic E-state index is 12.3. The lowest BCUT2D eigenvalue weighted by Crippen LogP contribution is -2.18. The molecular formula is C15H17N5O3S. The van der Waals surface area contributed by atoms with Crippen molar-refractivity contribution >= 4 is 15.5 Å². The van der Waals surface area contributed by atoms with E-state index in [9.17, 15) is 13.2 Å². The predicted octanol–water partition coefficient (Wildman–Crippen LogP) is 0.993. The van der Waals surface area contributed by atoms with E-state index in [1.807, 2.05) is 6.92 Å². The third kappa shape index (κ3) is 2.83. The van der Waals surface area contributed by atoms with Gasteiger partial charge in [0.25, 0.3) is 5.56 Å². The molecule has 2 heterocycles. The fraction of sp³-hybridized carbons (Fsp3) is 0.267. The Hall–Kier alpha value is -2.52. The Morgan fingerprint density at radius 2 is 2.08 bits per heavy atom. The van der Waals surface area contributed by atoms with Gasteiger partial charge < -0.3 is 4.98 Å². The Balaban J connectivity index is 2.31. The van der Waals surface area contributed by atoms with Gasteiger partial charge in [-0.05, 0) is 31.0 Å². The Kier molecular flexibility index (Phi) is 3.98. The van der Waals surface area contributed by atoms with Crippen LogP contribution in [-0.4, -0.2) is 28.0 Å². The molecule has 0 aliphatic rings. The molecule has 3 rings (SSSR count). The second-order valence-electron chi connectivity index (χ2n) is 5.57. The molecule has 0 saturated heterocycles. The van der Waals surface area contributed by atoms with Crippen molar-refractivity contribution in [2.75, 3.05) is 0 Å². The third-order valence-corrected chi connectivity index (χ3v) is 4.60. The molecule has 0 amide bonds. The number of benzene rings is 1. The van der Waals surface area contributed by atoms with Crippen LogP contribution in [0.1, 0.15) is 24.7 Å². The summed E-state index contributed by atoms with van der Waals surface area (Å²) in [6, 6.07) is 4.76. The van der Waals surface area contributed by atoms with Gasteiger partial charge in [-0.2, -0.15) is 0 Å². The number of fused-ring (bicyclic) bond motifs is 1. The Bertz CT molecular complexity index is 1080. The van der Waals surface area contributed by atoms with Crippen LogP contribution < -0.4 is 10.7 Å². The molecular weight excluding hydrogens is 330 g/mol. The number of hydrogen-bond donors (Lipinski definition) is 2. The molecule has 3 N–H and O–H groups in total. The fourth-order valence-electron chi connectivity index (χ4n) is 2.52. The number of aromatic amines is 1. The topological polar surface area (TPSA) is 123 Å². The molecule has 0 unspecified atom stereocenters. The standard InChI is InChI=1S/C15H17N5O3S/c1-3-4-13-17-8-11-15(21)18-14(19-20(11)13)10-6-5-9(2)7-12(10)24(16,22)23/h5-8H,3-4H2,1-2H3,(H2,16,22,23)(H,18,19,21). The number of sulfonamides is 1. The number of imidazole rings is 1. The molecule has 0 bridgehead atoms. The lowest BCUT2D eigenvalue weighted by atomic mass is 10.1. The van der Waals surface area contributed by atoms with Crippen molar-refractivity contribution in [3.63, 3.8) is 0 Å². The number of nitrogens with one attached hydrogen (secondary N) is 1. The van der Waals surface area contributed by atoms with Crippen molar-refractivity contribution in [2.24, 2.45) is 5.14 Å². The highest BCUT2D eigenvalue weighted by atomic mass is 32.2. The average Bonchev–Trinajstić information content (AvgIpc) is 2.90. The molecule has 1 aromatic carbocycles. The van der Waals surface area contributed by atoms with E-state index in [1.54, 1.807) is 19.1 Å². The van der Waals surface area contributed by atoms with Crippen molar-refractivity contribution in [2.45, 2.75) is 31.6 Å². The summed E-state index contributed by atoms with van der Waals surface area (Å²) in [6.45, 7) is 3.75. The van der Waals surface area contributed by atoms with Crippen molar-refractivity contribution < 1.29 is 8.42 Å². The molecule has 0 atom stereocenters. The summed E-state index contributed by atoms with van der Waals surface area (Å²) < 4.78 is 25.2. The molecule has 2 aromatic heterocycles. The number of rotatable bonds is 4. The third-order valence-electron chi connectivity index (χ3n) is 3.65. The number of primary sulfonamides is 1. The Labute approximate surface area is 138 Å². The van der Waals surface area contributed by atoms with E-state index in [4.69, 9.17) is 5.14 Å². The van der Waals surface area contributed by atoms with Crippen LogP contribution in [0.3, 0.4) is 0 Å². The molecule has 8 nitrogen and oxygen atoms in total. The second kappa shape index (κ2) is 5.84. The first kappa shape index (κ1) is 16.3. The van der Waals surface area contributed by atoms with Crippen LogP contribution in [0.4, 0.5) is 0 Å². The summed E-state index contributed by atoms with van der Waals surface area (Å²) in [6.07, 6.45) is 2.95. The van der Waals surface area contributed by atoms with Crippen molar-refractivity contribution in [3.8, 4) is 11.4 Å². The SMILES string of the molecule is CCCc1ncc2c(=O)[nH]c(-c3ccc(C)cc3S(N)(=O)=O)nn12. The van der Waals surface area contributed by atoms with E-state index >= 15 is 0 Å². The van der Waals surface area contributed by atoms with Crippen molar-refractivity contribution in [1.29, 1.82) is 0 Å². The first-order valence-corrected chi connectivity index (χ1v) is 8.96. The van der Waals surface area contributed by atoms with Crippen LogP contribution in [0, 0.1) is 6.92 Å². The van der Waals surface area contributed by atoms with Gasteiger partial charge in [0.15, 0.2) is 11.3 Å². The molecule has 9 heteroatoms. The summed E-state index contributed by atoms with van der Waals surface area (Å²) in [4.78, 5) is 19.0. The van der Waals surface area contributed by atoms with Crippen LogP contribution in [0.5, 0.6) is 0 Å². The minimum Gasteiger partial charge on any atom is -0.303 e. The van der Waals surface area contributed by atoms with Gasteiger partial charge in [-0.15, -0.1) is 5.10 Å². The highest BCUT2D eigenvalue weighted by molar-refractivity contribution is 7.89. The highest BCUT2D eigenvalue weighted by Crippen LogP contribution is 2.24. The number of nitrogens with zero attached hydrogens (tertiary/aromatic N) is 3. The zero-order valence-electron chi connectivity index (χ0n) is 13.3. The van der Waals surface area contributed by atoms with Crippen LogP contribution in [0.2, 0.25) is 0 Å². The van der Waals surface area contributed by atoms with Crippen LogP contribution in [-0.2, 0) is 16.4 Å². The van der Waals surface area contributed by atoms with Gasteiger partial charge in [-0.1, -0.05) is 13.0 Å². The lowest BCUT2D eigenvalue weighted by Gasteiger charge is -2.09. The smallest absolute Gasteiger partial charge is 0.277 e. The van der Waals surface area contributed by atoms with Gasteiger partial charge in [0, 0.05) is 12.0 Å². The van der Waals surface area contributed by atoms with Gasteiger partial charge in [-0.3, -0.25) is 4.79 Å². The number of nitrogens with two attached hydrogens (primary N) is 1. The molecule has 24 heavy (non-hydrogen) atoms. The molecule has 0 fully saturated rings. The summed E-state index contributed by atoms with van der Waals surface area (Å²) in [5.41, 5.74) is 0.904. The average molecular weight is 347 g/mol. The van der Waals surface area contributed by atoms with Crippen LogP contribution in [0.25, 0.3) is 16.9 Å². The van der Waals surface area contributed by atoms with Crippen molar-refractivity contribution in [3.05, 3.63) is 46.1 Å². The van der Waals surface area contributed by atoms with E-state index in [2.05, 4.69) is 15.1 Å². The molecule has 3 aromatic rings. The Morgan fingerprint density at radius 3 is 2.75 bits per heavy atom. The maximum Gasteiger partial charge on any atom is 0.277 e. The predicted molar refractivity (Wildman–Crippen MR) is 89.1 cm³/mol. The highest BCUT2D eigenvalue weighted by Gasteiger charge is 2.19. The fourth-order valence-corrected chi connectivity index (χ4v) is 3.34. The van der Waals surface area contributed by atoms with Gasteiger partial charge in [0.05, 0.1) is 11.1 Å². The monoisotopic (exact) mass is 347 g/mol. The van der Waals surface area contributed by atoms with E-state index < -0.39 is 15.6 Å². The summed E-state index contributed by atoms with van der Waals surface area (Å²) in [5, 5.41) is 9.67. The van der Waals surface area contributed by atoms with Gasteiger partial charge >= 0.3 is 0 Å². The first-order valence-electron chi connectivity index (χ1n) is 7.42. The van der Waals surface area contributed by atoms with Crippen LogP contribution >= 0.6 is 0 Å². The normalized spacial score (nSPS) is 12.0. The van der Waals surface area contributed by atoms with E-state index in [0.29, 0.717) is 17.8 Å². The van der Waals surface area contributed by atoms with Gasteiger partial charge in [-0.25, -0.2) is 23.1 Å². The van der Waals surface area contributed by atoms with Gasteiger partial charge in [0.2, 0.25) is 10.0 Å². The molecule has 0 saturated carbocycles. The number of aryl methyl sites for hydroxylation is 2. The minimum atomic E-state index is -3.96.